The van der Waals surface area contributed by atoms with Crippen LogP contribution in [0.1, 0.15) is 12.1 Å². The average Bonchev–Trinajstić information content (AvgIpc) is 3.22. The molecule has 1 atom stereocenters. The van der Waals surface area contributed by atoms with E-state index in [1.165, 1.54) is 18.2 Å². The summed E-state index contributed by atoms with van der Waals surface area (Å²) in [6.07, 6.45) is -1.16. The minimum absolute atomic E-state index is 0.0667. The van der Waals surface area contributed by atoms with Crippen LogP contribution in [0.25, 0.3) is 22.4 Å². The van der Waals surface area contributed by atoms with E-state index in [0.717, 1.165) is 11.9 Å². The van der Waals surface area contributed by atoms with Gasteiger partial charge in [0.25, 0.3) is 5.92 Å². The van der Waals surface area contributed by atoms with Gasteiger partial charge in [0.2, 0.25) is 5.88 Å². The second-order valence-corrected chi connectivity index (χ2v) is 9.37. The molecule has 0 aliphatic carbocycles. The number of benzene rings is 2. The number of alkyl halides is 2. The number of nitrogens with zero attached hydrogens (tertiary/aromatic N) is 3. The number of halogens is 4. The highest BCUT2D eigenvalue weighted by molar-refractivity contribution is 8.00. The molecule has 2 aromatic carbocycles. The molecule has 5 rings (SSSR count). The summed E-state index contributed by atoms with van der Waals surface area (Å²) in [4.78, 5) is 9.31. The topological polar surface area (TPSA) is 87.8 Å². The molecule has 1 aliphatic rings. The molecule has 0 saturated carbocycles. The van der Waals surface area contributed by atoms with Crippen LogP contribution in [-0.4, -0.2) is 45.3 Å². The van der Waals surface area contributed by atoms with Crippen molar-refractivity contribution >= 4 is 40.3 Å². The fourth-order valence-electron chi connectivity index (χ4n) is 3.69. The zero-order chi connectivity index (χ0) is 24.6. The molecule has 182 valence electrons. The van der Waals surface area contributed by atoms with E-state index < -0.39 is 18.6 Å². The Hall–Kier alpha value is -3.02. The monoisotopic (exact) mass is 520 g/mol. The van der Waals surface area contributed by atoms with Crippen LogP contribution in [0.15, 0.2) is 47.4 Å². The summed E-state index contributed by atoms with van der Waals surface area (Å²) >= 11 is 7.03. The van der Waals surface area contributed by atoms with Crippen LogP contribution in [0.4, 0.5) is 18.9 Å². The van der Waals surface area contributed by atoms with E-state index in [-0.39, 0.29) is 23.9 Å². The van der Waals surface area contributed by atoms with Gasteiger partial charge in [-0.25, -0.2) is 18.2 Å². The van der Waals surface area contributed by atoms with Crippen molar-refractivity contribution in [2.45, 2.75) is 30.3 Å². The van der Waals surface area contributed by atoms with Crippen molar-refractivity contribution < 1.29 is 17.9 Å². The lowest BCUT2D eigenvalue weighted by atomic mass is 10.1. The molecule has 1 aliphatic heterocycles. The molecule has 7 nitrogen and oxygen atoms in total. The predicted molar refractivity (Wildman–Crippen MR) is 130 cm³/mol. The number of fused-ring (bicyclic) bond motifs is 1. The summed E-state index contributed by atoms with van der Waals surface area (Å²) < 4.78 is 51.5. The minimum Gasteiger partial charge on any atom is -0.467 e. The van der Waals surface area contributed by atoms with Crippen LogP contribution >= 0.6 is 23.5 Å². The van der Waals surface area contributed by atoms with Gasteiger partial charge in [0.15, 0.2) is 17.6 Å². The molecule has 35 heavy (non-hydrogen) atoms. The Balaban J connectivity index is 1.40. The van der Waals surface area contributed by atoms with E-state index in [1.807, 2.05) is 0 Å². The first-order valence-electron chi connectivity index (χ1n) is 10.8. The number of piperidine rings is 1. The molecule has 4 aromatic rings. The number of ether oxygens (including phenoxy) is 1. The van der Waals surface area contributed by atoms with E-state index in [4.69, 9.17) is 16.3 Å². The minimum atomic E-state index is -3.03. The summed E-state index contributed by atoms with van der Waals surface area (Å²) in [7, 11) is 0. The first kappa shape index (κ1) is 23.7. The highest BCUT2D eigenvalue weighted by atomic mass is 35.5. The van der Waals surface area contributed by atoms with Gasteiger partial charge in [0.05, 0.1) is 11.4 Å². The average molecular weight is 521 g/mol. The molecule has 0 unspecified atom stereocenters. The van der Waals surface area contributed by atoms with E-state index in [9.17, 15) is 13.2 Å². The van der Waals surface area contributed by atoms with Crippen molar-refractivity contribution in [2.75, 3.05) is 17.8 Å². The maximum absolute atomic E-state index is 14.4. The highest BCUT2D eigenvalue weighted by Crippen LogP contribution is 2.33. The van der Waals surface area contributed by atoms with Crippen molar-refractivity contribution in [1.29, 1.82) is 0 Å². The highest BCUT2D eigenvalue weighted by Gasteiger charge is 2.44. The van der Waals surface area contributed by atoms with Crippen LogP contribution in [0, 0.1) is 12.7 Å². The largest absolute Gasteiger partial charge is 0.467 e. The van der Waals surface area contributed by atoms with Crippen molar-refractivity contribution in [3.63, 3.8) is 0 Å². The van der Waals surface area contributed by atoms with Gasteiger partial charge in [-0.1, -0.05) is 11.6 Å². The fraction of sp³-hybridized carbons (Fsp3) is 0.261. The standard InChI is InChI=1S/C23H20ClF3N6OS/c1-12-19-21(32-31-12)29-20(30-22(19)34-18-8-9-28-11-23(18,26)27)13-2-5-15(6-3-13)33-35-17-10-14(24)4-7-16(17)25/h2-7,10,18,28,33H,8-9,11H2,1H3,(H,29,30,31,32)/t18-/m1/s1. The fourth-order valence-corrected chi connectivity index (χ4v) is 4.65. The first-order chi connectivity index (χ1) is 16.8. The molecule has 0 spiro atoms. The van der Waals surface area contributed by atoms with Crippen molar-refractivity contribution in [1.82, 2.24) is 25.5 Å². The Morgan fingerprint density at radius 2 is 1.97 bits per heavy atom. The molecule has 0 amide bonds. The van der Waals surface area contributed by atoms with Crippen LogP contribution < -0.4 is 14.8 Å². The molecule has 3 heterocycles. The maximum atomic E-state index is 14.4. The molecular formula is C23H20ClF3N6OS. The summed E-state index contributed by atoms with van der Waals surface area (Å²) in [6.45, 7) is 1.73. The van der Waals surface area contributed by atoms with Crippen LogP contribution in [0.5, 0.6) is 5.88 Å². The van der Waals surface area contributed by atoms with E-state index in [0.29, 0.717) is 44.4 Å². The SMILES string of the molecule is Cc1[nH]nc2nc(-c3ccc(NSc4cc(Cl)ccc4F)cc3)nc(O[C@@H]3CCNCC3(F)F)c12. The number of anilines is 1. The van der Waals surface area contributed by atoms with Crippen molar-refractivity contribution in [3.8, 4) is 17.3 Å². The third-order valence-corrected chi connectivity index (χ3v) is 6.65. The van der Waals surface area contributed by atoms with Crippen LogP contribution in [0.2, 0.25) is 5.02 Å². The Morgan fingerprint density at radius 1 is 1.17 bits per heavy atom. The predicted octanol–water partition coefficient (Wildman–Crippen LogP) is 5.62. The Bertz CT molecular complexity index is 1370. The number of hydrogen-bond acceptors (Lipinski definition) is 7. The number of hydrogen-bond donors (Lipinski definition) is 3. The molecule has 0 radical (unpaired) electrons. The summed E-state index contributed by atoms with van der Waals surface area (Å²) in [5.74, 6) is -3.06. The number of rotatable bonds is 6. The second-order valence-electron chi connectivity index (χ2n) is 8.09. The molecule has 1 saturated heterocycles. The van der Waals surface area contributed by atoms with Crippen LogP contribution in [0.3, 0.4) is 0 Å². The van der Waals surface area contributed by atoms with E-state index in [2.05, 4.69) is 30.2 Å². The lowest BCUT2D eigenvalue weighted by Gasteiger charge is -2.31. The smallest absolute Gasteiger partial charge is 0.296 e. The van der Waals surface area contributed by atoms with Gasteiger partial charge >= 0.3 is 0 Å². The third-order valence-electron chi connectivity index (χ3n) is 5.55. The lowest BCUT2D eigenvalue weighted by Crippen LogP contribution is -2.52. The number of aryl methyl sites for hydroxylation is 1. The quantitative estimate of drug-likeness (QED) is 0.284. The number of aromatic nitrogens is 4. The number of nitrogens with one attached hydrogen (secondary N) is 3. The van der Waals surface area contributed by atoms with Crippen molar-refractivity contribution in [3.05, 3.63) is 59.0 Å². The molecule has 0 bridgehead atoms. The number of H-pyrrole nitrogens is 1. The molecule has 2 aromatic heterocycles. The zero-order valence-corrected chi connectivity index (χ0v) is 20.0. The lowest BCUT2D eigenvalue weighted by molar-refractivity contribution is -0.109. The second kappa shape index (κ2) is 9.56. The van der Waals surface area contributed by atoms with Gasteiger partial charge in [0.1, 0.15) is 11.2 Å². The first-order valence-corrected chi connectivity index (χ1v) is 12.0. The normalized spacial score (nSPS) is 17.5. The van der Waals surface area contributed by atoms with Gasteiger partial charge in [-0.15, -0.1) is 0 Å². The Labute approximate surface area is 208 Å². The molecular weight excluding hydrogens is 501 g/mol. The molecule has 12 heteroatoms. The number of aromatic amines is 1. The van der Waals surface area contributed by atoms with Crippen LogP contribution in [-0.2, 0) is 0 Å². The van der Waals surface area contributed by atoms with E-state index >= 15 is 0 Å². The van der Waals surface area contributed by atoms with Gasteiger partial charge in [-0.2, -0.15) is 10.1 Å². The Morgan fingerprint density at radius 3 is 2.74 bits per heavy atom. The third kappa shape index (κ3) is 5.02. The van der Waals surface area contributed by atoms with Gasteiger partial charge in [-0.05, 0) is 67.9 Å². The summed E-state index contributed by atoms with van der Waals surface area (Å²) in [5.41, 5.74) is 2.30. The van der Waals surface area contributed by atoms with Gasteiger partial charge in [0, 0.05) is 28.4 Å². The zero-order valence-electron chi connectivity index (χ0n) is 18.4. The maximum Gasteiger partial charge on any atom is 0.296 e. The summed E-state index contributed by atoms with van der Waals surface area (Å²) in [6, 6.07) is 11.4. The summed E-state index contributed by atoms with van der Waals surface area (Å²) in [5, 5.41) is 10.6. The van der Waals surface area contributed by atoms with Crippen molar-refractivity contribution in [2.24, 2.45) is 0 Å². The molecule has 1 fully saturated rings. The van der Waals surface area contributed by atoms with Gasteiger partial charge < -0.3 is 14.8 Å². The van der Waals surface area contributed by atoms with Gasteiger partial charge in [-0.3, -0.25) is 5.10 Å². The molecule has 3 N–H and O–H groups in total. The Kier molecular flexibility index (Phi) is 6.47. The van der Waals surface area contributed by atoms with E-state index in [1.54, 1.807) is 31.2 Å².